The average molecular weight is 372 g/mol. The molecule has 0 bridgehead atoms. The molecule has 1 heterocycles. The molecule has 0 saturated carbocycles. The Balaban J connectivity index is 1.57. The number of amides is 1. The highest BCUT2D eigenvalue weighted by atomic mass is 19.1. The molecule has 0 radical (unpaired) electrons. The molecule has 2 aromatic carbocycles. The minimum absolute atomic E-state index is 0.00655. The van der Waals surface area contributed by atoms with E-state index in [1.54, 1.807) is 31.4 Å². The standard InChI is InChI=1S/C21H25FN2O3/c1-3-20(27-19-10-8-18(26-2)9-11-19)21(25)24-14-12-23(13-15-24)17-6-4-16(22)5-7-17/h4-11,20H,3,12-15H2,1-2H3/t20-/m0/s1. The maximum absolute atomic E-state index is 13.1. The predicted molar refractivity (Wildman–Crippen MR) is 103 cm³/mol. The Hall–Kier alpha value is -2.76. The van der Waals surface area contributed by atoms with Crippen molar-refractivity contribution < 1.29 is 18.7 Å². The Morgan fingerprint density at radius 3 is 2.15 bits per heavy atom. The average Bonchev–Trinajstić information content (AvgIpc) is 2.72. The number of nitrogens with zero attached hydrogens (tertiary/aromatic N) is 2. The molecule has 1 atom stereocenters. The number of ether oxygens (including phenoxy) is 2. The van der Waals surface area contributed by atoms with Crippen LogP contribution >= 0.6 is 0 Å². The SMILES string of the molecule is CC[C@H](Oc1ccc(OC)cc1)C(=O)N1CCN(c2ccc(F)cc2)CC1. The van der Waals surface area contributed by atoms with Gasteiger partial charge in [-0.05, 0) is 55.0 Å². The first-order chi connectivity index (χ1) is 13.1. The van der Waals surface area contributed by atoms with Gasteiger partial charge in [-0.25, -0.2) is 4.39 Å². The lowest BCUT2D eigenvalue weighted by atomic mass is 10.2. The Morgan fingerprint density at radius 2 is 1.59 bits per heavy atom. The number of piperazine rings is 1. The van der Waals surface area contributed by atoms with E-state index in [1.807, 2.05) is 24.0 Å². The predicted octanol–water partition coefficient (Wildman–Crippen LogP) is 3.34. The molecular formula is C21H25FN2O3. The molecule has 1 aliphatic rings. The molecule has 2 aromatic rings. The van der Waals surface area contributed by atoms with Crippen LogP contribution in [0.5, 0.6) is 11.5 Å². The van der Waals surface area contributed by atoms with Crippen LogP contribution in [0.2, 0.25) is 0 Å². The summed E-state index contributed by atoms with van der Waals surface area (Å²) in [4.78, 5) is 16.9. The number of hydrogen-bond acceptors (Lipinski definition) is 4. The summed E-state index contributed by atoms with van der Waals surface area (Å²) >= 11 is 0. The van der Waals surface area contributed by atoms with Gasteiger partial charge in [-0.15, -0.1) is 0 Å². The van der Waals surface area contributed by atoms with Gasteiger partial charge in [-0.1, -0.05) is 6.92 Å². The lowest BCUT2D eigenvalue weighted by Crippen LogP contribution is -2.52. The van der Waals surface area contributed by atoms with Gasteiger partial charge >= 0.3 is 0 Å². The molecule has 6 heteroatoms. The number of benzene rings is 2. The van der Waals surface area contributed by atoms with Crippen LogP contribution in [-0.2, 0) is 4.79 Å². The van der Waals surface area contributed by atoms with E-state index < -0.39 is 6.10 Å². The van der Waals surface area contributed by atoms with E-state index in [2.05, 4.69) is 4.90 Å². The van der Waals surface area contributed by atoms with Crippen molar-refractivity contribution in [1.29, 1.82) is 0 Å². The Labute approximate surface area is 159 Å². The Bertz CT molecular complexity index is 741. The highest BCUT2D eigenvalue weighted by Crippen LogP contribution is 2.21. The third-order valence-electron chi connectivity index (χ3n) is 4.77. The molecule has 0 unspecified atom stereocenters. The molecule has 0 spiro atoms. The quantitative estimate of drug-likeness (QED) is 0.780. The summed E-state index contributed by atoms with van der Waals surface area (Å²) in [5.41, 5.74) is 0.977. The largest absolute Gasteiger partial charge is 0.497 e. The second-order valence-electron chi connectivity index (χ2n) is 6.48. The zero-order valence-electron chi connectivity index (χ0n) is 15.7. The van der Waals surface area contributed by atoms with Crippen LogP contribution in [0.3, 0.4) is 0 Å². The molecule has 0 aromatic heterocycles. The van der Waals surface area contributed by atoms with E-state index in [0.717, 1.165) is 24.5 Å². The molecule has 1 aliphatic heterocycles. The number of carbonyl (C=O) groups excluding carboxylic acids is 1. The van der Waals surface area contributed by atoms with Crippen LogP contribution in [-0.4, -0.2) is 50.2 Å². The lowest BCUT2D eigenvalue weighted by molar-refractivity contribution is -0.139. The first-order valence-corrected chi connectivity index (χ1v) is 9.20. The summed E-state index contributed by atoms with van der Waals surface area (Å²) in [6.07, 6.45) is 0.0963. The minimum Gasteiger partial charge on any atom is -0.497 e. The molecule has 144 valence electrons. The highest BCUT2D eigenvalue weighted by molar-refractivity contribution is 5.81. The van der Waals surface area contributed by atoms with Gasteiger partial charge in [0.15, 0.2) is 6.10 Å². The number of carbonyl (C=O) groups is 1. The topological polar surface area (TPSA) is 42.0 Å². The summed E-state index contributed by atoms with van der Waals surface area (Å²) < 4.78 is 24.1. The van der Waals surface area contributed by atoms with Crippen molar-refractivity contribution in [3.8, 4) is 11.5 Å². The van der Waals surface area contributed by atoms with Crippen LogP contribution in [0.25, 0.3) is 0 Å². The summed E-state index contributed by atoms with van der Waals surface area (Å²) in [5, 5.41) is 0. The van der Waals surface area contributed by atoms with Crippen molar-refractivity contribution in [2.24, 2.45) is 0 Å². The second-order valence-corrected chi connectivity index (χ2v) is 6.48. The van der Waals surface area contributed by atoms with Gasteiger partial charge in [0.05, 0.1) is 7.11 Å². The van der Waals surface area contributed by atoms with E-state index in [4.69, 9.17) is 9.47 Å². The molecular weight excluding hydrogens is 347 g/mol. The zero-order chi connectivity index (χ0) is 19.2. The molecule has 0 N–H and O–H groups in total. The molecule has 1 saturated heterocycles. The van der Waals surface area contributed by atoms with Gasteiger partial charge in [-0.2, -0.15) is 0 Å². The van der Waals surface area contributed by atoms with Crippen molar-refractivity contribution in [3.05, 3.63) is 54.3 Å². The first kappa shape index (κ1) is 19.0. The van der Waals surface area contributed by atoms with Gasteiger partial charge in [0.2, 0.25) is 0 Å². The van der Waals surface area contributed by atoms with E-state index in [-0.39, 0.29) is 11.7 Å². The monoisotopic (exact) mass is 372 g/mol. The number of halogens is 1. The third-order valence-corrected chi connectivity index (χ3v) is 4.77. The molecule has 5 nitrogen and oxygen atoms in total. The van der Waals surface area contributed by atoms with Gasteiger partial charge in [0, 0.05) is 31.9 Å². The van der Waals surface area contributed by atoms with Crippen molar-refractivity contribution >= 4 is 11.6 Å². The number of hydrogen-bond donors (Lipinski definition) is 0. The van der Waals surface area contributed by atoms with Crippen LogP contribution in [0, 0.1) is 5.82 Å². The molecule has 27 heavy (non-hydrogen) atoms. The van der Waals surface area contributed by atoms with Gasteiger partial charge in [0.1, 0.15) is 17.3 Å². The zero-order valence-corrected chi connectivity index (χ0v) is 15.7. The van der Waals surface area contributed by atoms with Crippen molar-refractivity contribution in [3.63, 3.8) is 0 Å². The van der Waals surface area contributed by atoms with E-state index >= 15 is 0 Å². The maximum atomic E-state index is 13.1. The Morgan fingerprint density at radius 1 is 1.00 bits per heavy atom. The fourth-order valence-corrected chi connectivity index (χ4v) is 3.17. The summed E-state index contributed by atoms with van der Waals surface area (Å²) in [5.74, 6) is 1.17. The van der Waals surface area contributed by atoms with E-state index in [1.165, 1.54) is 12.1 Å². The fraction of sp³-hybridized carbons (Fsp3) is 0.381. The van der Waals surface area contributed by atoms with Gasteiger partial charge < -0.3 is 19.3 Å². The van der Waals surface area contributed by atoms with Gasteiger partial charge in [0.25, 0.3) is 5.91 Å². The smallest absolute Gasteiger partial charge is 0.263 e. The summed E-state index contributed by atoms with van der Waals surface area (Å²) in [7, 11) is 1.61. The van der Waals surface area contributed by atoms with Crippen molar-refractivity contribution in [2.75, 3.05) is 38.2 Å². The van der Waals surface area contributed by atoms with E-state index in [9.17, 15) is 9.18 Å². The van der Waals surface area contributed by atoms with Crippen molar-refractivity contribution in [2.45, 2.75) is 19.4 Å². The van der Waals surface area contributed by atoms with Crippen LogP contribution in [0.1, 0.15) is 13.3 Å². The molecule has 1 amide bonds. The lowest BCUT2D eigenvalue weighted by Gasteiger charge is -2.37. The molecule has 1 fully saturated rings. The van der Waals surface area contributed by atoms with E-state index in [0.29, 0.717) is 25.3 Å². The van der Waals surface area contributed by atoms with Crippen LogP contribution < -0.4 is 14.4 Å². The number of anilines is 1. The van der Waals surface area contributed by atoms with Gasteiger partial charge in [-0.3, -0.25) is 4.79 Å². The van der Waals surface area contributed by atoms with Crippen LogP contribution in [0.15, 0.2) is 48.5 Å². The maximum Gasteiger partial charge on any atom is 0.263 e. The number of methoxy groups -OCH3 is 1. The number of rotatable bonds is 6. The first-order valence-electron chi connectivity index (χ1n) is 9.20. The molecule has 3 rings (SSSR count). The summed E-state index contributed by atoms with van der Waals surface area (Å²) in [6, 6.07) is 13.7. The Kier molecular flexibility index (Phi) is 6.16. The molecule has 0 aliphatic carbocycles. The summed E-state index contributed by atoms with van der Waals surface area (Å²) in [6.45, 7) is 4.63. The highest BCUT2D eigenvalue weighted by Gasteiger charge is 2.28. The fourth-order valence-electron chi connectivity index (χ4n) is 3.17. The normalized spacial score (nSPS) is 15.4. The van der Waals surface area contributed by atoms with Crippen LogP contribution in [0.4, 0.5) is 10.1 Å². The van der Waals surface area contributed by atoms with Crippen molar-refractivity contribution in [1.82, 2.24) is 4.90 Å². The third kappa shape index (κ3) is 4.70. The second kappa shape index (κ2) is 8.75. The minimum atomic E-state index is -0.504.